The molecule has 0 bridgehead atoms. The number of carbonyl (C=O) groups is 1. The molecule has 2 aromatic carbocycles. The molecule has 0 radical (unpaired) electrons. The smallest absolute Gasteiger partial charge is 0.251 e. The third-order valence-corrected chi connectivity index (χ3v) is 3.15. The minimum atomic E-state index is -0.316. The maximum Gasteiger partial charge on any atom is 0.251 e. The number of carbonyl (C=O) groups excluding carboxylic acids is 1. The van der Waals surface area contributed by atoms with Crippen molar-refractivity contribution in [2.45, 2.75) is 6.54 Å². The highest BCUT2D eigenvalue weighted by molar-refractivity contribution is 5.94. The van der Waals surface area contributed by atoms with E-state index in [0.29, 0.717) is 11.1 Å². The lowest BCUT2D eigenvalue weighted by Gasteiger charge is -2.06. The lowest BCUT2D eigenvalue weighted by Crippen LogP contribution is -2.22. The van der Waals surface area contributed by atoms with Crippen LogP contribution in [-0.4, -0.2) is 20.7 Å². The molecular weight excluding hydrogens is 283 g/mol. The van der Waals surface area contributed by atoms with Crippen LogP contribution >= 0.6 is 0 Å². The minimum Gasteiger partial charge on any atom is -0.348 e. The monoisotopic (exact) mass is 296 g/mol. The summed E-state index contributed by atoms with van der Waals surface area (Å²) in [5, 5.41) is 6.77. The molecule has 0 aliphatic rings. The van der Waals surface area contributed by atoms with Crippen molar-refractivity contribution in [3.63, 3.8) is 0 Å². The minimum absolute atomic E-state index is 0.214. The van der Waals surface area contributed by atoms with Crippen LogP contribution in [-0.2, 0) is 6.54 Å². The topological polar surface area (TPSA) is 59.8 Å². The molecule has 1 N–H and O–H groups in total. The lowest BCUT2D eigenvalue weighted by molar-refractivity contribution is 0.0951. The van der Waals surface area contributed by atoms with Gasteiger partial charge in [0.15, 0.2) is 0 Å². The molecule has 110 valence electrons. The standard InChI is InChI=1S/C16H13FN4O/c17-14-3-1-2-12(8-14)9-19-16(22)13-4-6-15(7-5-13)21-11-18-10-20-21/h1-8,10-11H,9H2,(H,19,22). The zero-order valence-electron chi connectivity index (χ0n) is 11.6. The van der Waals surface area contributed by atoms with Crippen LogP contribution in [0.25, 0.3) is 5.69 Å². The van der Waals surface area contributed by atoms with Gasteiger partial charge in [0.2, 0.25) is 0 Å². The van der Waals surface area contributed by atoms with Gasteiger partial charge in [-0.05, 0) is 42.0 Å². The molecule has 0 saturated heterocycles. The highest BCUT2D eigenvalue weighted by Gasteiger charge is 2.06. The molecule has 1 heterocycles. The second-order valence-electron chi connectivity index (χ2n) is 4.70. The number of aromatic nitrogens is 3. The van der Waals surface area contributed by atoms with Crippen molar-refractivity contribution in [3.05, 3.63) is 78.1 Å². The molecule has 0 aliphatic heterocycles. The normalized spacial score (nSPS) is 10.4. The molecule has 0 unspecified atom stereocenters. The fourth-order valence-electron chi connectivity index (χ4n) is 2.04. The summed E-state index contributed by atoms with van der Waals surface area (Å²) in [5.41, 5.74) is 2.06. The van der Waals surface area contributed by atoms with Crippen LogP contribution in [0.4, 0.5) is 4.39 Å². The maximum atomic E-state index is 13.1. The van der Waals surface area contributed by atoms with Crippen LogP contribution in [0.1, 0.15) is 15.9 Å². The average Bonchev–Trinajstić information content (AvgIpc) is 3.07. The van der Waals surface area contributed by atoms with Gasteiger partial charge >= 0.3 is 0 Å². The zero-order valence-corrected chi connectivity index (χ0v) is 11.6. The zero-order chi connectivity index (χ0) is 15.4. The maximum absolute atomic E-state index is 13.1. The Kier molecular flexibility index (Phi) is 3.91. The third-order valence-electron chi connectivity index (χ3n) is 3.15. The first-order chi connectivity index (χ1) is 10.7. The van der Waals surface area contributed by atoms with Crippen LogP contribution in [0.5, 0.6) is 0 Å². The van der Waals surface area contributed by atoms with E-state index in [-0.39, 0.29) is 18.3 Å². The van der Waals surface area contributed by atoms with Gasteiger partial charge in [0, 0.05) is 12.1 Å². The number of hydrogen-bond donors (Lipinski definition) is 1. The Morgan fingerprint density at radius 1 is 1.18 bits per heavy atom. The van der Waals surface area contributed by atoms with E-state index < -0.39 is 0 Å². The molecule has 0 atom stereocenters. The summed E-state index contributed by atoms with van der Waals surface area (Å²) in [6, 6.07) is 13.1. The van der Waals surface area contributed by atoms with E-state index in [2.05, 4.69) is 15.4 Å². The first kappa shape index (κ1) is 13.9. The summed E-state index contributed by atoms with van der Waals surface area (Å²) in [7, 11) is 0. The number of hydrogen-bond acceptors (Lipinski definition) is 3. The van der Waals surface area contributed by atoms with Crippen molar-refractivity contribution in [1.29, 1.82) is 0 Å². The van der Waals surface area contributed by atoms with Crippen molar-refractivity contribution < 1.29 is 9.18 Å². The first-order valence-corrected chi connectivity index (χ1v) is 6.70. The fraction of sp³-hybridized carbons (Fsp3) is 0.0625. The van der Waals surface area contributed by atoms with Gasteiger partial charge < -0.3 is 5.32 Å². The predicted molar refractivity (Wildman–Crippen MR) is 78.9 cm³/mol. The molecule has 3 aromatic rings. The van der Waals surface area contributed by atoms with Gasteiger partial charge in [-0.2, -0.15) is 5.10 Å². The molecule has 0 fully saturated rings. The van der Waals surface area contributed by atoms with Crippen molar-refractivity contribution in [3.8, 4) is 5.69 Å². The molecule has 5 nitrogen and oxygen atoms in total. The van der Waals surface area contributed by atoms with Crippen molar-refractivity contribution in [2.75, 3.05) is 0 Å². The number of amides is 1. The van der Waals surface area contributed by atoms with Crippen LogP contribution in [0, 0.1) is 5.82 Å². The summed E-state index contributed by atoms with van der Waals surface area (Å²) in [6.07, 6.45) is 3.03. The summed E-state index contributed by atoms with van der Waals surface area (Å²) in [5.74, 6) is -0.529. The molecule has 0 spiro atoms. The molecule has 1 amide bonds. The molecule has 0 saturated carbocycles. The van der Waals surface area contributed by atoms with E-state index in [1.165, 1.54) is 18.5 Å². The van der Waals surface area contributed by atoms with Crippen LogP contribution in [0.3, 0.4) is 0 Å². The van der Waals surface area contributed by atoms with Gasteiger partial charge in [-0.3, -0.25) is 4.79 Å². The van der Waals surface area contributed by atoms with Crippen LogP contribution < -0.4 is 5.32 Å². The van der Waals surface area contributed by atoms with Crippen LogP contribution in [0.2, 0.25) is 0 Å². The van der Waals surface area contributed by atoms with Crippen molar-refractivity contribution in [1.82, 2.24) is 20.1 Å². The second-order valence-corrected chi connectivity index (χ2v) is 4.70. The van der Waals surface area contributed by atoms with E-state index in [0.717, 1.165) is 5.69 Å². The van der Waals surface area contributed by atoms with E-state index in [1.54, 1.807) is 47.4 Å². The fourth-order valence-corrected chi connectivity index (χ4v) is 2.04. The molecule has 3 rings (SSSR count). The first-order valence-electron chi connectivity index (χ1n) is 6.70. The van der Waals surface area contributed by atoms with Crippen molar-refractivity contribution in [2.24, 2.45) is 0 Å². The largest absolute Gasteiger partial charge is 0.348 e. The van der Waals surface area contributed by atoms with Crippen LogP contribution in [0.15, 0.2) is 61.2 Å². The molecular formula is C16H13FN4O. The molecule has 22 heavy (non-hydrogen) atoms. The van der Waals surface area contributed by atoms with Gasteiger partial charge in [0.1, 0.15) is 18.5 Å². The predicted octanol–water partition coefficient (Wildman–Crippen LogP) is 2.34. The Labute approximate surface area is 126 Å². The van der Waals surface area contributed by atoms with Crippen molar-refractivity contribution >= 4 is 5.91 Å². The summed E-state index contributed by atoms with van der Waals surface area (Å²) < 4.78 is 14.7. The second kappa shape index (κ2) is 6.17. The lowest BCUT2D eigenvalue weighted by atomic mass is 10.1. The average molecular weight is 296 g/mol. The quantitative estimate of drug-likeness (QED) is 0.804. The number of nitrogens with zero attached hydrogens (tertiary/aromatic N) is 3. The highest BCUT2D eigenvalue weighted by atomic mass is 19.1. The van der Waals surface area contributed by atoms with Gasteiger partial charge in [-0.25, -0.2) is 14.1 Å². The third kappa shape index (κ3) is 3.17. The Morgan fingerprint density at radius 3 is 2.68 bits per heavy atom. The Balaban J connectivity index is 1.65. The Bertz CT molecular complexity index is 769. The highest BCUT2D eigenvalue weighted by Crippen LogP contribution is 2.09. The molecule has 0 aliphatic carbocycles. The number of halogens is 1. The van der Waals surface area contributed by atoms with Gasteiger partial charge in [0.25, 0.3) is 5.91 Å². The van der Waals surface area contributed by atoms with E-state index in [4.69, 9.17) is 0 Å². The van der Waals surface area contributed by atoms with Gasteiger partial charge in [-0.1, -0.05) is 12.1 Å². The van der Waals surface area contributed by atoms with E-state index in [9.17, 15) is 9.18 Å². The SMILES string of the molecule is O=C(NCc1cccc(F)c1)c1ccc(-n2cncn2)cc1. The van der Waals surface area contributed by atoms with Gasteiger partial charge in [-0.15, -0.1) is 0 Å². The van der Waals surface area contributed by atoms with Gasteiger partial charge in [0.05, 0.1) is 5.69 Å². The Hall–Kier alpha value is -3.02. The van der Waals surface area contributed by atoms with E-state index in [1.807, 2.05) is 0 Å². The summed E-state index contributed by atoms with van der Waals surface area (Å²) in [4.78, 5) is 15.9. The summed E-state index contributed by atoms with van der Waals surface area (Å²) >= 11 is 0. The summed E-state index contributed by atoms with van der Waals surface area (Å²) in [6.45, 7) is 0.279. The molecule has 6 heteroatoms. The number of rotatable bonds is 4. The Morgan fingerprint density at radius 2 is 2.00 bits per heavy atom. The number of benzene rings is 2. The number of nitrogens with one attached hydrogen (secondary N) is 1. The van der Waals surface area contributed by atoms with E-state index >= 15 is 0 Å². The molecule has 1 aromatic heterocycles.